The number of aliphatic carboxylic acids is 1. The van der Waals surface area contributed by atoms with Crippen molar-refractivity contribution >= 4 is 11.9 Å². The number of ether oxygens (including phenoxy) is 1. The van der Waals surface area contributed by atoms with Crippen LogP contribution < -0.4 is 5.32 Å². The predicted octanol–water partition coefficient (Wildman–Crippen LogP) is 2.86. The normalized spacial score (nSPS) is 18.1. The Bertz CT molecular complexity index is 796. The summed E-state index contributed by atoms with van der Waals surface area (Å²) in [6.07, 6.45) is -5.00. The summed E-state index contributed by atoms with van der Waals surface area (Å²) in [5.74, 6) is -5.70. The van der Waals surface area contributed by atoms with E-state index in [4.69, 9.17) is 0 Å². The molecule has 0 saturated carbocycles. The highest BCUT2D eigenvalue weighted by Gasteiger charge is 2.47. The molecule has 1 atom stereocenters. The van der Waals surface area contributed by atoms with Gasteiger partial charge >= 0.3 is 18.1 Å². The highest BCUT2D eigenvalue weighted by atomic mass is 19.4. The second-order valence-electron chi connectivity index (χ2n) is 5.20. The van der Waals surface area contributed by atoms with Crippen molar-refractivity contribution in [2.75, 3.05) is 7.11 Å². The number of carbonyl (C=O) groups excluding carboxylic acids is 1. The molecule has 0 aliphatic carbocycles. The Labute approximate surface area is 139 Å². The topological polar surface area (TPSA) is 75.6 Å². The number of rotatable bonds is 3. The van der Waals surface area contributed by atoms with Crippen LogP contribution in [0.1, 0.15) is 18.4 Å². The number of esters is 1. The second-order valence-corrected chi connectivity index (χ2v) is 5.20. The number of hydrogen-bond donors (Lipinski definition) is 2. The summed E-state index contributed by atoms with van der Waals surface area (Å²) in [5, 5.41) is 11.3. The van der Waals surface area contributed by atoms with Crippen molar-refractivity contribution in [3.63, 3.8) is 0 Å². The minimum Gasteiger partial charge on any atom is -0.478 e. The first-order chi connectivity index (χ1) is 11.6. The Morgan fingerprint density at radius 1 is 1.20 bits per heavy atom. The number of halogens is 4. The fourth-order valence-corrected chi connectivity index (χ4v) is 2.68. The number of allylic oxidation sites excluding steroid dienone is 2. The lowest BCUT2D eigenvalue weighted by Gasteiger charge is -2.31. The van der Waals surface area contributed by atoms with E-state index in [-0.39, 0.29) is 11.3 Å². The molecule has 1 aliphatic rings. The van der Waals surface area contributed by atoms with Gasteiger partial charge in [-0.15, -0.1) is 0 Å². The van der Waals surface area contributed by atoms with Crippen LogP contribution in [0.3, 0.4) is 0 Å². The van der Waals surface area contributed by atoms with Crippen LogP contribution in [0.5, 0.6) is 0 Å². The quantitative estimate of drug-likeness (QED) is 0.641. The van der Waals surface area contributed by atoms with E-state index in [1.807, 2.05) is 5.32 Å². The SMILES string of the molecule is COC(=O)C1=C(C(F)(F)F)NC(C)=C(C(=O)O)C1c1ccccc1F. The maximum atomic E-state index is 14.2. The van der Waals surface area contributed by atoms with E-state index < -0.39 is 46.7 Å². The van der Waals surface area contributed by atoms with Gasteiger partial charge in [0.25, 0.3) is 0 Å². The monoisotopic (exact) mass is 359 g/mol. The van der Waals surface area contributed by atoms with Gasteiger partial charge in [0, 0.05) is 11.3 Å². The zero-order valence-electron chi connectivity index (χ0n) is 13.1. The van der Waals surface area contributed by atoms with Crippen molar-refractivity contribution < 1.29 is 37.0 Å². The molecule has 1 heterocycles. The summed E-state index contributed by atoms with van der Waals surface area (Å²) >= 11 is 0. The molecule has 0 radical (unpaired) electrons. The van der Waals surface area contributed by atoms with Crippen LogP contribution in [0.25, 0.3) is 0 Å². The van der Waals surface area contributed by atoms with Gasteiger partial charge in [0.05, 0.1) is 24.2 Å². The van der Waals surface area contributed by atoms with Gasteiger partial charge in [-0.25, -0.2) is 14.0 Å². The van der Waals surface area contributed by atoms with Crippen LogP contribution in [0.2, 0.25) is 0 Å². The number of carboxylic acids is 1. The molecular weight excluding hydrogens is 346 g/mol. The number of alkyl halides is 3. The van der Waals surface area contributed by atoms with E-state index in [1.165, 1.54) is 12.1 Å². The molecule has 0 spiro atoms. The number of nitrogens with one attached hydrogen (secondary N) is 1. The van der Waals surface area contributed by atoms with Crippen LogP contribution in [0, 0.1) is 5.82 Å². The zero-order valence-corrected chi connectivity index (χ0v) is 13.1. The van der Waals surface area contributed by atoms with Gasteiger partial charge in [-0.2, -0.15) is 13.2 Å². The molecule has 1 aromatic rings. The smallest absolute Gasteiger partial charge is 0.431 e. The number of hydrogen-bond acceptors (Lipinski definition) is 4. The summed E-state index contributed by atoms with van der Waals surface area (Å²) in [6, 6.07) is 4.72. The summed E-state index contributed by atoms with van der Waals surface area (Å²) in [4.78, 5) is 23.6. The first-order valence-electron chi connectivity index (χ1n) is 6.94. The van der Waals surface area contributed by atoms with Gasteiger partial charge in [-0.05, 0) is 13.0 Å². The lowest BCUT2D eigenvalue weighted by Crippen LogP contribution is -2.38. The Balaban J connectivity index is 2.86. The van der Waals surface area contributed by atoms with Crippen molar-refractivity contribution in [1.82, 2.24) is 5.32 Å². The molecule has 134 valence electrons. The molecule has 0 saturated heterocycles. The summed E-state index contributed by atoms with van der Waals surface area (Å²) in [6.45, 7) is 1.11. The molecule has 25 heavy (non-hydrogen) atoms. The average molecular weight is 359 g/mol. The van der Waals surface area contributed by atoms with Crippen molar-refractivity contribution in [3.8, 4) is 0 Å². The van der Waals surface area contributed by atoms with Gasteiger partial charge in [-0.1, -0.05) is 18.2 Å². The predicted molar refractivity (Wildman–Crippen MR) is 77.7 cm³/mol. The number of carboxylic acid groups (broad SMARTS) is 1. The van der Waals surface area contributed by atoms with Crippen LogP contribution in [-0.2, 0) is 14.3 Å². The van der Waals surface area contributed by atoms with Crippen LogP contribution in [-0.4, -0.2) is 30.3 Å². The van der Waals surface area contributed by atoms with Crippen LogP contribution in [0.4, 0.5) is 17.6 Å². The summed E-state index contributed by atoms with van der Waals surface area (Å²) in [5.41, 5.74) is -3.78. The van der Waals surface area contributed by atoms with Crippen molar-refractivity contribution in [2.24, 2.45) is 0 Å². The van der Waals surface area contributed by atoms with Crippen molar-refractivity contribution in [3.05, 3.63) is 58.2 Å². The third-order valence-electron chi connectivity index (χ3n) is 3.70. The van der Waals surface area contributed by atoms with Crippen LogP contribution >= 0.6 is 0 Å². The fourth-order valence-electron chi connectivity index (χ4n) is 2.68. The van der Waals surface area contributed by atoms with E-state index in [0.29, 0.717) is 0 Å². The summed E-state index contributed by atoms with van der Waals surface area (Å²) < 4.78 is 58.8. The van der Waals surface area contributed by atoms with E-state index in [9.17, 15) is 32.3 Å². The molecule has 1 aromatic carbocycles. The molecule has 0 amide bonds. The van der Waals surface area contributed by atoms with Gasteiger partial charge in [0.2, 0.25) is 0 Å². The highest BCUT2D eigenvalue weighted by molar-refractivity contribution is 5.99. The Morgan fingerprint density at radius 2 is 1.80 bits per heavy atom. The maximum absolute atomic E-state index is 14.2. The first-order valence-corrected chi connectivity index (χ1v) is 6.94. The molecule has 2 rings (SSSR count). The summed E-state index contributed by atoms with van der Waals surface area (Å²) in [7, 11) is 0.855. The Hall–Kier alpha value is -2.84. The van der Waals surface area contributed by atoms with E-state index >= 15 is 0 Å². The molecular formula is C16H13F4NO4. The molecule has 0 aromatic heterocycles. The first kappa shape index (κ1) is 18.5. The largest absolute Gasteiger partial charge is 0.478 e. The lowest BCUT2D eigenvalue weighted by molar-refractivity contribution is -0.138. The fraction of sp³-hybridized carbons (Fsp3) is 0.250. The third-order valence-corrected chi connectivity index (χ3v) is 3.70. The third kappa shape index (κ3) is 3.35. The molecule has 5 nitrogen and oxygen atoms in total. The average Bonchev–Trinajstić information content (AvgIpc) is 2.52. The second kappa shape index (κ2) is 6.58. The van der Waals surface area contributed by atoms with Crippen molar-refractivity contribution in [2.45, 2.75) is 19.0 Å². The Morgan fingerprint density at radius 3 is 2.28 bits per heavy atom. The number of benzene rings is 1. The molecule has 1 aliphatic heterocycles. The van der Waals surface area contributed by atoms with Gasteiger partial charge in [0.1, 0.15) is 11.5 Å². The van der Waals surface area contributed by atoms with Gasteiger partial charge in [0.15, 0.2) is 0 Å². The lowest BCUT2D eigenvalue weighted by atomic mass is 9.80. The van der Waals surface area contributed by atoms with Crippen LogP contribution in [0.15, 0.2) is 46.8 Å². The van der Waals surface area contributed by atoms with Crippen molar-refractivity contribution in [1.29, 1.82) is 0 Å². The van der Waals surface area contributed by atoms with Gasteiger partial charge < -0.3 is 15.2 Å². The highest BCUT2D eigenvalue weighted by Crippen LogP contribution is 2.43. The number of carbonyl (C=O) groups is 2. The molecule has 2 N–H and O–H groups in total. The molecule has 0 bridgehead atoms. The molecule has 0 fully saturated rings. The zero-order chi connectivity index (χ0) is 18.9. The standard InChI is InChI=1S/C16H13F4NO4/c1-7-10(14(22)23)11(8-5-3-4-6-9(8)17)12(15(24)25-2)13(21-7)16(18,19)20/h3-6,11,21H,1-2H3,(H,22,23). The Kier molecular flexibility index (Phi) is 4.87. The molecule has 1 unspecified atom stereocenters. The molecule has 9 heteroatoms. The minimum atomic E-state index is -5.00. The van der Waals surface area contributed by atoms with E-state index in [2.05, 4.69) is 4.74 Å². The van der Waals surface area contributed by atoms with E-state index in [0.717, 1.165) is 26.2 Å². The number of dihydropyridines is 1. The van der Waals surface area contributed by atoms with E-state index in [1.54, 1.807) is 0 Å². The number of methoxy groups -OCH3 is 1. The minimum absolute atomic E-state index is 0.347. The maximum Gasteiger partial charge on any atom is 0.431 e. The van der Waals surface area contributed by atoms with Gasteiger partial charge in [-0.3, -0.25) is 0 Å².